The van der Waals surface area contributed by atoms with Gasteiger partial charge in [-0.3, -0.25) is 0 Å². The second-order valence-electron chi connectivity index (χ2n) is 15.6. The summed E-state index contributed by atoms with van der Waals surface area (Å²) < 4.78 is 2.39. The summed E-state index contributed by atoms with van der Waals surface area (Å²) in [6, 6.07) is 73.7. The number of rotatable bonds is 5. The van der Waals surface area contributed by atoms with E-state index in [1.54, 1.807) is 0 Å². The molecule has 0 aliphatic carbocycles. The van der Waals surface area contributed by atoms with E-state index in [9.17, 15) is 0 Å². The molecule has 0 atom stereocenters. The molecule has 0 amide bonds. The number of aromatic nitrogens is 1. The standard InChI is InChI=1S/C57H38N2/c1-2-15-41(16-3-1)59-54-32-29-40(35-52(54)53-36-58-34-33-55(53)59)44-31-30-43(45-18-6-7-19-46(44)45)38-25-27-39(28-26-38)56-48-20-8-10-22-50(48)57(51-23-11-9-21-49(51)56)47-24-12-14-37-13-4-5-17-42(37)47/h1-35,58H,36H2. The monoisotopic (exact) mass is 750 g/mol. The van der Waals surface area contributed by atoms with Gasteiger partial charge in [-0.2, -0.15) is 0 Å². The molecular weight excluding hydrogens is 713 g/mol. The van der Waals surface area contributed by atoms with Gasteiger partial charge in [-0.15, -0.1) is 0 Å². The van der Waals surface area contributed by atoms with Crippen LogP contribution >= 0.6 is 0 Å². The minimum atomic E-state index is 0.807. The fraction of sp³-hybridized carbons (Fsp3) is 0.0175. The van der Waals surface area contributed by atoms with E-state index in [0.29, 0.717) is 0 Å². The van der Waals surface area contributed by atoms with Crippen molar-refractivity contribution in [1.82, 2.24) is 9.88 Å². The Labute approximate surface area is 342 Å². The van der Waals surface area contributed by atoms with Crippen LogP contribution in [-0.4, -0.2) is 4.57 Å². The van der Waals surface area contributed by atoms with Crippen LogP contribution in [0.3, 0.4) is 0 Å². The summed E-state index contributed by atoms with van der Waals surface area (Å²) in [5.41, 5.74) is 14.9. The molecule has 1 aliphatic heterocycles. The summed E-state index contributed by atoms with van der Waals surface area (Å²) in [5.74, 6) is 0. The van der Waals surface area contributed by atoms with Crippen LogP contribution < -0.4 is 5.32 Å². The van der Waals surface area contributed by atoms with Crippen molar-refractivity contribution in [2.45, 2.75) is 6.54 Å². The van der Waals surface area contributed by atoms with E-state index >= 15 is 0 Å². The minimum absolute atomic E-state index is 0.807. The Bertz CT molecular complexity index is 3420. The van der Waals surface area contributed by atoms with E-state index in [-0.39, 0.29) is 0 Å². The van der Waals surface area contributed by atoms with Gasteiger partial charge in [0.25, 0.3) is 0 Å². The van der Waals surface area contributed by atoms with Gasteiger partial charge in [0.05, 0.1) is 11.2 Å². The molecule has 1 aromatic heterocycles. The van der Waals surface area contributed by atoms with Gasteiger partial charge in [-0.25, -0.2) is 0 Å². The molecule has 11 aromatic rings. The summed E-state index contributed by atoms with van der Waals surface area (Å²) in [6.45, 7) is 0.807. The third-order valence-electron chi connectivity index (χ3n) is 12.5. The normalized spacial score (nSPS) is 12.4. The predicted octanol–water partition coefficient (Wildman–Crippen LogP) is 15.0. The zero-order valence-electron chi connectivity index (χ0n) is 32.4. The maximum absolute atomic E-state index is 3.46. The van der Waals surface area contributed by atoms with Crippen molar-refractivity contribution in [2.24, 2.45) is 0 Å². The van der Waals surface area contributed by atoms with Gasteiger partial charge in [0.1, 0.15) is 0 Å². The Morgan fingerprint density at radius 2 is 0.915 bits per heavy atom. The van der Waals surface area contributed by atoms with Crippen LogP contribution in [0.4, 0.5) is 0 Å². The lowest BCUT2D eigenvalue weighted by Crippen LogP contribution is -2.10. The molecule has 2 nitrogen and oxygen atoms in total. The quantitative estimate of drug-likeness (QED) is 0.173. The molecule has 2 heterocycles. The van der Waals surface area contributed by atoms with Crippen molar-refractivity contribution in [2.75, 3.05) is 0 Å². The molecule has 59 heavy (non-hydrogen) atoms. The third-order valence-corrected chi connectivity index (χ3v) is 12.5. The van der Waals surface area contributed by atoms with E-state index < -0.39 is 0 Å². The fourth-order valence-corrected chi connectivity index (χ4v) is 9.85. The Morgan fingerprint density at radius 3 is 1.61 bits per heavy atom. The lowest BCUT2D eigenvalue weighted by Gasteiger charge is -2.19. The molecule has 0 saturated heterocycles. The first kappa shape index (κ1) is 33.5. The number of para-hydroxylation sites is 1. The van der Waals surface area contributed by atoms with Crippen LogP contribution in [0.25, 0.3) is 110 Å². The molecule has 0 fully saturated rings. The maximum Gasteiger partial charge on any atom is 0.0538 e. The highest BCUT2D eigenvalue weighted by molar-refractivity contribution is 6.23. The van der Waals surface area contributed by atoms with E-state index in [0.717, 1.165) is 6.54 Å². The molecular formula is C57H38N2. The first-order valence-corrected chi connectivity index (χ1v) is 20.5. The number of nitrogens with zero attached hydrogens (tertiary/aromatic N) is 1. The van der Waals surface area contributed by atoms with Gasteiger partial charge in [-0.05, 0) is 124 Å². The molecule has 1 N–H and O–H groups in total. The largest absolute Gasteiger partial charge is 0.387 e. The van der Waals surface area contributed by atoms with Crippen molar-refractivity contribution in [3.05, 3.63) is 218 Å². The van der Waals surface area contributed by atoms with E-state index in [4.69, 9.17) is 0 Å². The molecule has 1 aliphatic rings. The average molecular weight is 751 g/mol. The number of hydrogen-bond donors (Lipinski definition) is 1. The van der Waals surface area contributed by atoms with Crippen molar-refractivity contribution < 1.29 is 0 Å². The van der Waals surface area contributed by atoms with Crippen molar-refractivity contribution in [3.63, 3.8) is 0 Å². The Hall–Kier alpha value is -7.68. The van der Waals surface area contributed by atoms with E-state index in [1.807, 2.05) is 0 Å². The zero-order valence-corrected chi connectivity index (χ0v) is 32.4. The Kier molecular flexibility index (Phi) is 7.64. The van der Waals surface area contributed by atoms with Gasteiger partial charge < -0.3 is 9.88 Å². The van der Waals surface area contributed by atoms with Crippen LogP contribution in [0.1, 0.15) is 11.3 Å². The van der Waals surface area contributed by atoms with Gasteiger partial charge in [0.2, 0.25) is 0 Å². The van der Waals surface area contributed by atoms with Gasteiger partial charge in [0, 0.05) is 23.2 Å². The molecule has 2 heteroatoms. The SMILES string of the molecule is C1=Cc2c(c3cc(-c4ccc(-c5ccc(-c6c7ccccc7c(-c7cccc8ccccc78)c7ccccc67)cc5)c5ccccc45)ccc3n2-c2ccccc2)CN1. The second-order valence-corrected chi connectivity index (χ2v) is 15.6. The summed E-state index contributed by atoms with van der Waals surface area (Å²) >= 11 is 0. The predicted molar refractivity (Wildman–Crippen MR) is 251 cm³/mol. The molecule has 0 spiro atoms. The molecule has 0 bridgehead atoms. The number of nitrogens with one attached hydrogen (secondary N) is 1. The van der Waals surface area contributed by atoms with Gasteiger partial charge in [-0.1, -0.05) is 176 Å². The van der Waals surface area contributed by atoms with Crippen LogP contribution in [0.2, 0.25) is 0 Å². The molecule has 0 radical (unpaired) electrons. The minimum Gasteiger partial charge on any atom is -0.387 e. The average Bonchev–Trinajstić information content (AvgIpc) is 3.64. The van der Waals surface area contributed by atoms with Crippen LogP contribution in [0.15, 0.2) is 206 Å². The highest BCUT2D eigenvalue weighted by Gasteiger charge is 2.21. The molecule has 10 aromatic carbocycles. The highest BCUT2D eigenvalue weighted by atomic mass is 15.0. The summed E-state index contributed by atoms with van der Waals surface area (Å²) in [6.07, 6.45) is 4.26. The first-order valence-electron chi connectivity index (χ1n) is 20.5. The topological polar surface area (TPSA) is 17.0 Å². The summed E-state index contributed by atoms with van der Waals surface area (Å²) in [4.78, 5) is 0. The molecule has 276 valence electrons. The highest BCUT2D eigenvalue weighted by Crippen LogP contribution is 2.46. The summed E-state index contributed by atoms with van der Waals surface area (Å²) in [5, 5.41) is 14.9. The smallest absolute Gasteiger partial charge is 0.0538 e. The van der Waals surface area contributed by atoms with Crippen LogP contribution in [-0.2, 0) is 6.54 Å². The molecule has 12 rings (SSSR count). The van der Waals surface area contributed by atoms with Gasteiger partial charge in [0.15, 0.2) is 0 Å². The molecule has 0 saturated carbocycles. The summed E-state index contributed by atoms with van der Waals surface area (Å²) in [7, 11) is 0. The third kappa shape index (κ3) is 5.27. The maximum atomic E-state index is 3.46. The van der Waals surface area contributed by atoms with Crippen molar-refractivity contribution in [3.8, 4) is 50.2 Å². The zero-order chi connectivity index (χ0) is 38.9. The Morgan fingerprint density at radius 1 is 0.373 bits per heavy atom. The van der Waals surface area contributed by atoms with Crippen molar-refractivity contribution >= 4 is 60.1 Å². The van der Waals surface area contributed by atoms with Crippen molar-refractivity contribution in [1.29, 1.82) is 0 Å². The van der Waals surface area contributed by atoms with E-state index in [1.165, 1.54) is 115 Å². The van der Waals surface area contributed by atoms with Crippen LogP contribution in [0.5, 0.6) is 0 Å². The number of benzene rings is 10. The van der Waals surface area contributed by atoms with E-state index in [2.05, 4.69) is 222 Å². The fourth-order valence-electron chi connectivity index (χ4n) is 9.85. The van der Waals surface area contributed by atoms with Gasteiger partial charge >= 0.3 is 0 Å². The first-order chi connectivity index (χ1) is 29.3. The number of fused-ring (bicyclic) bond motifs is 7. The molecule has 0 unspecified atom stereocenters. The lowest BCUT2D eigenvalue weighted by atomic mass is 9.84. The lowest BCUT2D eigenvalue weighted by molar-refractivity contribution is 0.855. The second kappa shape index (κ2) is 13.5. The number of hydrogen-bond acceptors (Lipinski definition) is 1. The van der Waals surface area contributed by atoms with Crippen LogP contribution in [0, 0.1) is 0 Å². The Balaban J connectivity index is 0.977.